The lowest BCUT2D eigenvalue weighted by molar-refractivity contribution is 0.508. The molecule has 2 heterocycles. The molecule has 3 rings (SSSR count). The fraction of sp³-hybridized carbons (Fsp3) is 0.455. The highest BCUT2D eigenvalue weighted by Crippen LogP contribution is 2.38. The van der Waals surface area contributed by atoms with Gasteiger partial charge in [0.25, 0.3) is 0 Å². The first kappa shape index (κ1) is 10.2. The van der Waals surface area contributed by atoms with Gasteiger partial charge in [0.1, 0.15) is 10.6 Å². The molecule has 0 aromatic carbocycles. The predicted octanol–water partition coefficient (Wildman–Crippen LogP) is 3.06. The van der Waals surface area contributed by atoms with Gasteiger partial charge >= 0.3 is 0 Å². The molecule has 1 atom stereocenters. The molecule has 84 valence electrons. The van der Waals surface area contributed by atoms with Crippen LogP contribution in [0.2, 0.25) is 0 Å². The van der Waals surface area contributed by atoms with Crippen LogP contribution in [0.15, 0.2) is 0 Å². The van der Waals surface area contributed by atoms with Crippen LogP contribution in [0.1, 0.15) is 23.8 Å². The zero-order valence-corrected chi connectivity index (χ0v) is 10.7. The first-order valence-electron chi connectivity index (χ1n) is 5.45. The minimum atomic E-state index is 0.483. The van der Waals surface area contributed by atoms with E-state index in [0.717, 1.165) is 29.0 Å². The zero-order chi connectivity index (χ0) is 11.3. The lowest BCUT2D eigenvalue weighted by Crippen LogP contribution is -2.09. The van der Waals surface area contributed by atoms with Crippen molar-refractivity contribution < 1.29 is 0 Å². The number of anilines is 1. The lowest BCUT2D eigenvalue weighted by atomic mass is 9.89. The number of rotatable bonds is 0. The number of nitrogens with two attached hydrogens (primary N) is 1. The number of hydrogen-bond acceptors (Lipinski definition) is 4. The highest BCUT2D eigenvalue weighted by molar-refractivity contribution is 7.71. The van der Waals surface area contributed by atoms with E-state index in [-0.39, 0.29) is 0 Å². The number of thiophene rings is 1. The highest BCUT2D eigenvalue weighted by atomic mass is 32.1. The van der Waals surface area contributed by atoms with Gasteiger partial charge in [0.15, 0.2) is 4.77 Å². The van der Waals surface area contributed by atoms with Crippen molar-refractivity contribution in [1.82, 2.24) is 9.97 Å². The Labute approximate surface area is 103 Å². The van der Waals surface area contributed by atoms with Crippen molar-refractivity contribution in [2.75, 3.05) is 5.73 Å². The molecule has 1 aliphatic carbocycles. The van der Waals surface area contributed by atoms with E-state index < -0.39 is 0 Å². The second-order valence-corrected chi connectivity index (χ2v) is 5.96. The van der Waals surface area contributed by atoms with Crippen LogP contribution in [0.3, 0.4) is 0 Å². The molecule has 16 heavy (non-hydrogen) atoms. The molecule has 2 aromatic rings. The van der Waals surface area contributed by atoms with E-state index in [9.17, 15) is 0 Å². The lowest BCUT2D eigenvalue weighted by Gasteiger charge is -2.18. The minimum Gasteiger partial charge on any atom is -0.385 e. The van der Waals surface area contributed by atoms with Crippen molar-refractivity contribution in [2.45, 2.75) is 26.2 Å². The first-order chi connectivity index (χ1) is 7.65. The maximum absolute atomic E-state index is 6.02. The van der Waals surface area contributed by atoms with Crippen molar-refractivity contribution in [3.63, 3.8) is 0 Å². The van der Waals surface area contributed by atoms with E-state index in [1.165, 1.54) is 16.9 Å². The van der Waals surface area contributed by atoms with Crippen molar-refractivity contribution in [1.29, 1.82) is 0 Å². The van der Waals surface area contributed by atoms with Crippen molar-refractivity contribution in [2.24, 2.45) is 5.92 Å². The third kappa shape index (κ3) is 1.46. The molecule has 0 fully saturated rings. The Morgan fingerprint density at radius 1 is 1.56 bits per heavy atom. The van der Waals surface area contributed by atoms with E-state index in [2.05, 4.69) is 16.9 Å². The molecule has 1 unspecified atom stereocenters. The Balaban J connectivity index is 2.35. The molecular weight excluding hydrogens is 238 g/mol. The molecule has 3 N–H and O–H groups in total. The maximum Gasteiger partial charge on any atom is 0.199 e. The molecule has 0 saturated heterocycles. The molecule has 0 spiro atoms. The molecule has 2 aromatic heterocycles. The van der Waals surface area contributed by atoms with Gasteiger partial charge in [-0.1, -0.05) is 6.92 Å². The van der Waals surface area contributed by atoms with Gasteiger partial charge < -0.3 is 10.7 Å². The number of nitrogens with zero attached hydrogens (tertiary/aromatic N) is 1. The Kier molecular flexibility index (Phi) is 2.26. The summed E-state index contributed by atoms with van der Waals surface area (Å²) in [5, 5.41) is 1.11. The van der Waals surface area contributed by atoms with Gasteiger partial charge in [-0.3, -0.25) is 0 Å². The molecule has 0 bridgehead atoms. The van der Waals surface area contributed by atoms with Gasteiger partial charge in [0, 0.05) is 4.88 Å². The van der Waals surface area contributed by atoms with Gasteiger partial charge in [-0.25, -0.2) is 4.98 Å². The topological polar surface area (TPSA) is 54.7 Å². The second kappa shape index (κ2) is 3.53. The number of nitrogens with one attached hydrogen (secondary N) is 1. The van der Waals surface area contributed by atoms with Crippen LogP contribution >= 0.6 is 23.6 Å². The number of aromatic nitrogens is 2. The van der Waals surface area contributed by atoms with Crippen LogP contribution in [-0.4, -0.2) is 9.97 Å². The normalized spacial score (nSPS) is 19.9. The number of nitrogen functional groups attached to an aromatic ring is 1. The summed E-state index contributed by atoms with van der Waals surface area (Å²) in [5.74, 6) is 1.43. The summed E-state index contributed by atoms with van der Waals surface area (Å²) in [6.07, 6.45) is 3.54. The zero-order valence-electron chi connectivity index (χ0n) is 9.04. The molecule has 0 saturated carbocycles. The highest BCUT2D eigenvalue weighted by Gasteiger charge is 2.22. The summed E-state index contributed by atoms with van der Waals surface area (Å²) in [7, 11) is 0. The van der Waals surface area contributed by atoms with Crippen LogP contribution in [0.25, 0.3) is 10.2 Å². The average Bonchev–Trinajstić information content (AvgIpc) is 2.54. The maximum atomic E-state index is 6.02. The number of hydrogen-bond donors (Lipinski definition) is 2. The molecule has 1 aliphatic rings. The van der Waals surface area contributed by atoms with E-state index in [1.54, 1.807) is 11.3 Å². The third-order valence-corrected chi connectivity index (χ3v) is 4.58. The van der Waals surface area contributed by atoms with Crippen LogP contribution in [0.5, 0.6) is 0 Å². The second-order valence-electron chi connectivity index (χ2n) is 4.49. The fourth-order valence-electron chi connectivity index (χ4n) is 2.40. The van der Waals surface area contributed by atoms with Gasteiger partial charge in [-0.15, -0.1) is 11.3 Å². The smallest absolute Gasteiger partial charge is 0.199 e. The molecular formula is C11H13N3S2. The molecule has 3 nitrogen and oxygen atoms in total. The van der Waals surface area contributed by atoms with Crippen molar-refractivity contribution in [3.8, 4) is 0 Å². The summed E-state index contributed by atoms with van der Waals surface area (Å²) in [6, 6.07) is 0. The van der Waals surface area contributed by atoms with Gasteiger partial charge in [0.05, 0.1) is 5.39 Å². The first-order valence-corrected chi connectivity index (χ1v) is 6.67. The largest absolute Gasteiger partial charge is 0.385 e. The van der Waals surface area contributed by atoms with E-state index >= 15 is 0 Å². The summed E-state index contributed by atoms with van der Waals surface area (Å²) >= 11 is 6.80. The third-order valence-electron chi connectivity index (χ3n) is 3.20. The van der Waals surface area contributed by atoms with Crippen molar-refractivity contribution in [3.05, 3.63) is 15.2 Å². The summed E-state index contributed by atoms with van der Waals surface area (Å²) in [6.45, 7) is 2.29. The van der Waals surface area contributed by atoms with Crippen LogP contribution < -0.4 is 5.73 Å². The molecule has 0 radical (unpaired) electrons. The Morgan fingerprint density at radius 3 is 3.19 bits per heavy atom. The van der Waals surface area contributed by atoms with Crippen molar-refractivity contribution >= 4 is 39.6 Å². The van der Waals surface area contributed by atoms with Gasteiger partial charge in [0.2, 0.25) is 0 Å². The average molecular weight is 251 g/mol. The molecule has 0 amide bonds. The van der Waals surface area contributed by atoms with Crippen LogP contribution in [-0.2, 0) is 12.8 Å². The van der Waals surface area contributed by atoms with Crippen LogP contribution in [0, 0.1) is 10.7 Å². The van der Waals surface area contributed by atoms with E-state index in [4.69, 9.17) is 18.0 Å². The summed E-state index contributed by atoms with van der Waals surface area (Å²) in [4.78, 5) is 9.76. The van der Waals surface area contributed by atoms with Gasteiger partial charge in [-0.2, -0.15) is 0 Å². The quantitative estimate of drug-likeness (QED) is 0.708. The monoisotopic (exact) mass is 251 g/mol. The minimum absolute atomic E-state index is 0.483. The number of fused-ring (bicyclic) bond motifs is 3. The summed E-state index contributed by atoms with van der Waals surface area (Å²) in [5.41, 5.74) is 7.41. The Bertz CT molecular complexity index is 611. The van der Waals surface area contributed by atoms with Crippen LogP contribution in [0.4, 0.5) is 5.82 Å². The number of aromatic amines is 1. The molecule has 0 aliphatic heterocycles. The van der Waals surface area contributed by atoms with E-state index in [1.807, 2.05) is 0 Å². The Morgan fingerprint density at radius 2 is 2.38 bits per heavy atom. The van der Waals surface area contributed by atoms with E-state index in [0.29, 0.717) is 10.6 Å². The SMILES string of the molecule is CC1CCc2sc3nc(=S)[nH]c(N)c3c2C1. The standard InChI is InChI=1S/C11H13N3S2/c1-5-2-3-7-6(4-5)8-9(12)13-11(15)14-10(8)16-7/h5H,2-4H2,1H3,(H3,12,13,14,15). The predicted molar refractivity (Wildman–Crippen MR) is 70.4 cm³/mol. The number of H-pyrrole nitrogens is 1. The summed E-state index contributed by atoms with van der Waals surface area (Å²) < 4.78 is 0.483. The molecule has 5 heteroatoms. The van der Waals surface area contributed by atoms with Gasteiger partial charge in [-0.05, 0) is 43.0 Å². The Hall–Kier alpha value is -0.940. The number of aryl methyl sites for hydroxylation is 1. The fourth-order valence-corrected chi connectivity index (χ4v) is 3.89.